The van der Waals surface area contributed by atoms with Crippen molar-refractivity contribution in [2.45, 2.75) is 50.4 Å². The fourth-order valence-electron chi connectivity index (χ4n) is 2.69. The second kappa shape index (κ2) is 10.8. The number of aliphatic hydroxyl groups excluding tert-OH is 3. The maximum atomic E-state index is 12.7. The molecule has 25 heavy (non-hydrogen) atoms. The van der Waals surface area contributed by atoms with E-state index in [1.165, 1.54) is 12.0 Å². The van der Waals surface area contributed by atoms with E-state index in [1.54, 1.807) is 0 Å². The Kier molecular flexibility index (Phi) is 9.54. The predicted octanol–water partition coefficient (Wildman–Crippen LogP) is -0.115. The van der Waals surface area contributed by atoms with Crippen molar-refractivity contribution in [2.24, 2.45) is 5.29 Å². The summed E-state index contributed by atoms with van der Waals surface area (Å²) in [6.45, 7) is 1.47. The van der Waals surface area contributed by atoms with Crippen molar-refractivity contribution in [1.82, 2.24) is 9.91 Å². The largest absolute Gasteiger partial charge is 0.394 e. The number of unbranched alkanes of at least 4 members (excludes halogenated alkanes) is 1. The number of carbonyl (C=O) groups is 1. The molecule has 0 aromatic heterocycles. The van der Waals surface area contributed by atoms with E-state index in [0.29, 0.717) is 11.4 Å². The van der Waals surface area contributed by atoms with E-state index in [2.05, 4.69) is 5.29 Å². The van der Waals surface area contributed by atoms with Crippen molar-refractivity contribution in [3.05, 3.63) is 4.91 Å². The standard InChI is InChI=1S/C14H26ClN3O7/c1-3-4-6-17(14(22)18(16-23)7-5-15)10-12(21)11(20)9(8-19)25-13(10)24-2/h9-13,19-21H,3-8H2,1-2H3/t9-,10+,11-,12-,13+/m1/s1. The van der Waals surface area contributed by atoms with Crippen LogP contribution in [-0.4, -0.2) is 94.6 Å². The maximum Gasteiger partial charge on any atom is 0.343 e. The average Bonchev–Trinajstić information content (AvgIpc) is 2.62. The second-order valence-corrected chi connectivity index (χ2v) is 6.03. The van der Waals surface area contributed by atoms with Crippen LogP contribution in [0.1, 0.15) is 19.8 Å². The lowest BCUT2D eigenvalue weighted by Crippen LogP contribution is -2.66. The molecule has 2 amide bonds. The summed E-state index contributed by atoms with van der Waals surface area (Å²) in [4.78, 5) is 24.8. The van der Waals surface area contributed by atoms with Crippen molar-refractivity contribution in [2.75, 3.05) is 32.7 Å². The summed E-state index contributed by atoms with van der Waals surface area (Å²) in [5.74, 6) is 0.00569. The molecule has 1 heterocycles. The molecule has 1 aliphatic heterocycles. The fraction of sp³-hybridized carbons (Fsp3) is 0.929. The molecule has 0 aliphatic carbocycles. The van der Waals surface area contributed by atoms with Crippen LogP contribution < -0.4 is 0 Å². The van der Waals surface area contributed by atoms with Crippen LogP contribution in [-0.2, 0) is 9.47 Å². The Morgan fingerprint density at radius 3 is 2.48 bits per heavy atom. The Morgan fingerprint density at radius 2 is 2.00 bits per heavy atom. The lowest BCUT2D eigenvalue weighted by Gasteiger charge is -2.46. The Morgan fingerprint density at radius 1 is 1.32 bits per heavy atom. The summed E-state index contributed by atoms with van der Waals surface area (Å²) in [6, 6.07) is -1.85. The molecule has 11 heteroatoms. The number of aliphatic hydroxyl groups is 3. The van der Waals surface area contributed by atoms with Gasteiger partial charge in [0.05, 0.1) is 18.4 Å². The highest BCUT2D eigenvalue weighted by atomic mass is 35.5. The molecule has 5 atom stereocenters. The van der Waals surface area contributed by atoms with Crippen LogP contribution in [0.3, 0.4) is 0 Å². The molecular formula is C14H26ClN3O7. The minimum atomic E-state index is -1.44. The van der Waals surface area contributed by atoms with Gasteiger partial charge in [-0.05, 0) is 6.42 Å². The topological polar surface area (TPSA) is 132 Å². The summed E-state index contributed by atoms with van der Waals surface area (Å²) >= 11 is 5.58. The van der Waals surface area contributed by atoms with Crippen molar-refractivity contribution in [3.8, 4) is 0 Å². The zero-order valence-corrected chi connectivity index (χ0v) is 15.1. The Balaban J connectivity index is 3.13. The number of hydrogen-bond acceptors (Lipinski definition) is 8. The first-order valence-electron chi connectivity index (χ1n) is 8.09. The van der Waals surface area contributed by atoms with Crippen molar-refractivity contribution in [3.63, 3.8) is 0 Å². The highest BCUT2D eigenvalue weighted by Gasteiger charge is 2.49. The van der Waals surface area contributed by atoms with Gasteiger partial charge in [0.1, 0.15) is 24.4 Å². The lowest BCUT2D eigenvalue weighted by molar-refractivity contribution is -0.276. The van der Waals surface area contributed by atoms with Gasteiger partial charge in [-0.2, -0.15) is 5.01 Å². The van der Waals surface area contributed by atoms with E-state index in [0.717, 1.165) is 6.42 Å². The molecule has 0 saturated carbocycles. The van der Waals surface area contributed by atoms with E-state index in [-0.39, 0.29) is 19.0 Å². The summed E-state index contributed by atoms with van der Waals surface area (Å²) in [5.41, 5.74) is 0. The van der Waals surface area contributed by atoms with Gasteiger partial charge in [-0.3, -0.25) is 0 Å². The summed E-state index contributed by atoms with van der Waals surface area (Å²) in [5, 5.41) is 33.2. The van der Waals surface area contributed by atoms with Gasteiger partial charge in [-0.1, -0.05) is 13.3 Å². The van der Waals surface area contributed by atoms with Crippen LogP contribution in [0.15, 0.2) is 5.29 Å². The fourth-order valence-corrected chi connectivity index (χ4v) is 2.85. The van der Waals surface area contributed by atoms with Crippen molar-refractivity contribution >= 4 is 17.6 Å². The number of nitroso groups, excluding NO2 is 1. The van der Waals surface area contributed by atoms with Crippen LogP contribution in [0.2, 0.25) is 0 Å². The maximum absolute atomic E-state index is 12.7. The van der Waals surface area contributed by atoms with E-state index in [4.69, 9.17) is 21.1 Å². The highest BCUT2D eigenvalue weighted by molar-refractivity contribution is 6.18. The van der Waals surface area contributed by atoms with Gasteiger partial charge in [0.25, 0.3) is 0 Å². The molecule has 0 bridgehead atoms. The summed E-state index contributed by atoms with van der Waals surface area (Å²) in [7, 11) is 1.31. The van der Waals surface area contributed by atoms with Crippen LogP contribution >= 0.6 is 11.6 Å². The Labute approximate surface area is 151 Å². The molecule has 0 aromatic carbocycles. The predicted molar refractivity (Wildman–Crippen MR) is 88.8 cm³/mol. The monoisotopic (exact) mass is 383 g/mol. The third-order valence-electron chi connectivity index (χ3n) is 4.05. The lowest BCUT2D eigenvalue weighted by atomic mass is 9.95. The smallest absolute Gasteiger partial charge is 0.343 e. The van der Waals surface area contributed by atoms with E-state index >= 15 is 0 Å². The van der Waals surface area contributed by atoms with Gasteiger partial charge in [0.15, 0.2) is 6.29 Å². The summed E-state index contributed by atoms with van der Waals surface area (Å²) in [6.07, 6.45) is -3.69. The highest BCUT2D eigenvalue weighted by Crippen LogP contribution is 2.27. The van der Waals surface area contributed by atoms with Crippen molar-refractivity contribution < 1.29 is 29.6 Å². The van der Waals surface area contributed by atoms with Gasteiger partial charge >= 0.3 is 6.03 Å². The molecule has 0 spiro atoms. The van der Waals surface area contributed by atoms with Crippen LogP contribution in [0.25, 0.3) is 0 Å². The number of urea groups is 1. The number of ether oxygens (including phenoxy) is 2. The number of hydrogen-bond donors (Lipinski definition) is 3. The Hall–Kier alpha value is -1.04. The number of alkyl halides is 1. The van der Waals surface area contributed by atoms with Gasteiger partial charge in [-0.15, -0.1) is 16.5 Å². The molecule has 1 rings (SSSR count). The molecule has 0 radical (unpaired) electrons. The number of halogens is 1. The van der Waals surface area contributed by atoms with Gasteiger partial charge in [-0.25, -0.2) is 4.79 Å². The molecule has 0 aromatic rings. The minimum absolute atomic E-state index is 0.00569. The molecule has 1 aliphatic rings. The van der Waals surface area contributed by atoms with Gasteiger partial charge < -0.3 is 29.7 Å². The molecule has 0 unspecified atom stereocenters. The normalized spacial score (nSPS) is 29.3. The molecular weight excluding hydrogens is 358 g/mol. The van der Waals surface area contributed by atoms with Crippen molar-refractivity contribution in [1.29, 1.82) is 0 Å². The third kappa shape index (κ3) is 5.22. The molecule has 3 N–H and O–H groups in total. The minimum Gasteiger partial charge on any atom is -0.394 e. The quantitative estimate of drug-likeness (QED) is 0.287. The van der Waals surface area contributed by atoms with E-state index in [1.807, 2.05) is 6.92 Å². The zero-order valence-electron chi connectivity index (χ0n) is 14.3. The van der Waals surface area contributed by atoms with Gasteiger partial charge in [0, 0.05) is 19.5 Å². The number of nitrogens with zero attached hydrogens (tertiary/aromatic N) is 3. The second-order valence-electron chi connectivity index (χ2n) is 5.66. The molecule has 10 nitrogen and oxygen atoms in total. The zero-order chi connectivity index (χ0) is 19.0. The first kappa shape index (κ1) is 22.0. The van der Waals surface area contributed by atoms with E-state index < -0.39 is 43.3 Å². The first-order valence-corrected chi connectivity index (χ1v) is 8.62. The number of amides is 2. The Bertz CT molecular complexity index is 429. The SMILES string of the molecule is CCCCN(C(=O)N(CCCl)N=O)[C@@H]1[C@@H](OC)O[C@H](CO)[C@@H](O)[C@@H]1O. The van der Waals surface area contributed by atoms with Gasteiger partial charge in [0.2, 0.25) is 0 Å². The van der Waals surface area contributed by atoms with E-state index in [9.17, 15) is 25.0 Å². The number of rotatable bonds is 9. The molecule has 146 valence electrons. The van der Waals surface area contributed by atoms with Crippen LogP contribution in [0, 0.1) is 4.91 Å². The van der Waals surface area contributed by atoms with Crippen LogP contribution in [0.4, 0.5) is 4.79 Å². The molecule has 1 saturated heterocycles. The first-order chi connectivity index (χ1) is 12.0. The molecule has 1 fully saturated rings. The average molecular weight is 384 g/mol. The number of methoxy groups -OCH3 is 1. The van der Waals surface area contributed by atoms with Crippen LogP contribution in [0.5, 0.6) is 0 Å². The number of carbonyl (C=O) groups excluding carboxylic acids is 1. The summed E-state index contributed by atoms with van der Waals surface area (Å²) < 4.78 is 10.6. The third-order valence-corrected chi connectivity index (χ3v) is 4.22.